The molecule has 1 amide bonds. The van der Waals surface area contributed by atoms with E-state index >= 15 is 0 Å². The van der Waals surface area contributed by atoms with Gasteiger partial charge in [0.1, 0.15) is 6.04 Å². The molecule has 0 bridgehead atoms. The minimum Gasteiger partial charge on any atom is -0.465 e. The van der Waals surface area contributed by atoms with E-state index in [-0.39, 0.29) is 18.4 Å². The average molecular weight is 278 g/mol. The summed E-state index contributed by atoms with van der Waals surface area (Å²) in [6, 6.07) is 8.76. The number of carbonyl (C=O) groups is 2. The lowest BCUT2D eigenvalue weighted by Gasteiger charge is -2.27. The van der Waals surface area contributed by atoms with Crippen molar-refractivity contribution in [1.82, 2.24) is 9.80 Å². The lowest BCUT2D eigenvalue weighted by atomic mass is 10.1. The monoisotopic (exact) mass is 278 g/mol. The molecule has 0 aliphatic heterocycles. The van der Waals surface area contributed by atoms with Gasteiger partial charge in [0.15, 0.2) is 0 Å². The van der Waals surface area contributed by atoms with Crippen molar-refractivity contribution in [3.8, 4) is 0 Å². The molecular weight excluding hydrogens is 256 g/mol. The molecule has 0 saturated heterocycles. The highest BCUT2D eigenvalue weighted by Gasteiger charge is 2.27. The van der Waals surface area contributed by atoms with Crippen molar-refractivity contribution in [2.75, 3.05) is 34.3 Å². The van der Waals surface area contributed by atoms with E-state index in [1.807, 2.05) is 30.3 Å². The van der Waals surface area contributed by atoms with Gasteiger partial charge in [-0.05, 0) is 19.5 Å². The molecule has 110 valence electrons. The fourth-order valence-electron chi connectivity index (χ4n) is 1.87. The van der Waals surface area contributed by atoms with Crippen LogP contribution in [0.1, 0.15) is 18.5 Å². The number of hydrogen-bond donors (Lipinski definition) is 0. The lowest BCUT2D eigenvalue weighted by Crippen LogP contribution is -2.39. The van der Waals surface area contributed by atoms with Crippen LogP contribution in [0.25, 0.3) is 0 Å². The first-order chi connectivity index (χ1) is 9.47. The molecule has 0 saturated carbocycles. The lowest BCUT2D eigenvalue weighted by molar-refractivity contribution is -0.150. The van der Waals surface area contributed by atoms with Gasteiger partial charge in [0, 0.05) is 14.1 Å². The Morgan fingerprint density at radius 1 is 1.15 bits per heavy atom. The van der Waals surface area contributed by atoms with Gasteiger partial charge < -0.3 is 9.64 Å². The molecule has 0 spiro atoms. The first-order valence-electron chi connectivity index (χ1n) is 6.59. The zero-order valence-electron chi connectivity index (χ0n) is 12.5. The molecule has 20 heavy (non-hydrogen) atoms. The Labute approximate surface area is 120 Å². The minimum atomic E-state index is -0.569. The van der Waals surface area contributed by atoms with Crippen LogP contribution in [-0.2, 0) is 14.3 Å². The molecule has 0 N–H and O–H groups in total. The van der Waals surface area contributed by atoms with Gasteiger partial charge in [-0.2, -0.15) is 0 Å². The first kappa shape index (κ1) is 16.2. The highest BCUT2D eigenvalue weighted by Crippen LogP contribution is 2.20. The molecule has 0 heterocycles. The number of carbonyl (C=O) groups excluding carboxylic acids is 2. The Morgan fingerprint density at radius 3 is 2.25 bits per heavy atom. The summed E-state index contributed by atoms with van der Waals surface area (Å²) in [6.45, 7) is 2.24. The number of benzene rings is 1. The molecule has 0 radical (unpaired) electrons. The van der Waals surface area contributed by atoms with Crippen LogP contribution in [0.2, 0.25) is 0 Å². The summed E-state index contributed by atoms with van der Waals surface area (Å²) in [4.78, 5) is 27.2. The van der Waals surface area contributed by atoms with Gasteiger partial charge in [-0.3, -0.25) is 9.69 Å². The minimum absolute atomic E-state index is 0.0577. The average Bonchev–Trinajstić information content (AvgIpc) is 2.40. The zero-order valence-corrected chi connectivity index (χ0v) is 12.5. The highest BCUT2D eigenvalue weighted by atomic mass is 16.5. The smallest absolute Gasteiger partial charge is 0.328 e. The van der Waals surface area contributed by atoms with Crippen LogP contribution in [0, 0.1) is 0 Å². The van der Waals surface area contributed by atoms with Crippen LogP contribution in [0.3, 0.4) is 0 Å². The molecule has 1 aromatic rings. The summed E-state index contributed by atoms with van der Waals surface area (Å²) in [5.41, 5.74) is 0.819. The number of amides is 1. The van der Waals surface area contributed by atoms with Gasteiger partial charge in [-0.25, -0.2) is 4.79 Å². The molecular formula is C15H22N2O3. The maximum atomic E-state index is 12.1. The maximum Gasteiger partial charge on any atom is 0.328 e. The molecule has 0 aromatic heterocycles. The van der Waals surface area contributed by atoms with E-state index < -0.39 is 6.04 Å². The second-order valence-corrected chi connectivity index (χ2v) is 4.77. The Hall–Kier alpha value is -1.88. The molecule has 5 heteroatoms. The number of ether oxygens (including phenoxy) is 1. The molecule has 5 nitrogen and oxygen atoms in total. The number of nitrogens with zero attached hydrogens (tertiary/aromatic N) is 2. The maximum absolute atomic E-state index is 12.1. The van der Waals surface area contributed by atoms with E-state index in [1.54, 1.807) is 33.0 Å². The molecule has 0 fully saturated rings. The van der Waals surface area contributed by atoms with Crippen LogP contribution in [0.5, 0.6) is 0 Å². The number of rotatable bonds is 6. The molecule has 0 aliphatic rings. The van der Waals surface area contributed by atoms with Crippen molar-refractivity contribution in [2.45, 2.75) is 13.0 Å². The summed E-state index contributed by atoms with van der Waals surface area (Å²) in [6.07, 6.45) is 0. The predicted molar refractivity (Wildman–Crippen MR) is 77.1 cm³/mol. The van der Waals surface area contributed by atoms with Gasteiger partial charge in [-0.1, -0.05) is 30.3 Å². The van der Waals surface area contributed by atoms with Crippen LogP contribution in [-0.4, -0.2) is 56.0 Å². The van der Waals surface area contributed by atoms with Crippen molar-refractivity contribution in [1.29, 1.82) is 0 Å². The molecule has 1 aromatic carbocycles. The third-order valence-corrected chi connectivity index (χ3v) is 2.95. The number of hydrogen-bond acceptors (Lipinski definition) is 4. The highest BCUT2D eigenvalue weighted by molar-refractivity contribution is 5.81. The Morgan fingerprint density at radius 2 is 1.75 bits per heavy atom. The van der Waals surface area contributed by atoms with Crippen LogP contribution in [0.4, 0.5) is 0 Å². The standard InChI is InChI=1S/C15H22N2O3/c1-5-20-15(19)14(12-9-7-6-8-10-12)17(4)11-13(18)16(2)3/h6-10,14H,5,11H2,1-4H3. The fraction of sp³-hybridized carbons (Fsp3) is 0.467. The Balaban J connectivity index is 2.93. The van der Waals surface area contributed by atoms with E-state index in [2.05, 4.69) is 0 Å². The fourth-order valence-corrected chi connectivity index (χ4v) is 1.87. The van der Waals surface area contributed by atoms with Gasteiger partial charge in [0.2, 0.25) is 5.91 Å². The topological polar surface area (TPSA) is 49.9 Å². The Bertz CT molecular complexity index is 446. The van der Waals surface area contributed by atoms with Gasteiger partial charge in [-0.15, -0.1) is 0 Å². The zero-order chi connectivity index (χ0) is 15.1. The van der Waals surface area contributed by atoms with Gasteiger partial charge in [0.05, 0.1) is 13.2 Å². The summed E-state index contributed by atoms with van der Waals surface area (Å²) in [5, 5.41) is 0. The van der Waals surface area contributed by atoms with Crippen molar-refractivity contribution in [3.63, 3.8) is 0 Å². The van der Waals surface area contributed by atoms with E-state index in [9.17, 15) is 9.59 Å². The SMILES string of the molecule is CCOC(=O)C(c1ccccc1)N(C)CC(=O)N(C)C. The molecule has 1 atom stereocenters. The van der Waals surface area contributed by atoms with Crippen LogP contribution in [0.15, 0.2) is 30.3 Å². The second kappa shape index (κ2) is 7.65. The molecule has 1 unspecified atom stereocenters. The van der Waals surface area contributed by atoms with E-state index in [4.69, 9.17) is 4.74 Å². The van der Waals surface area contributed by atoms with E-state index in [0.29, 0.717) is 6.61 Å². The quantitative estimate of drug-likeness (QED) is 0.736. The van der Waals surface area contributed by atoms with Crippen LogP contribution >= 0.6 is 0 Å². The molecule has 1 rings (SSSR count). The molecule has 0 aliphatic carbocycles. The largest absolute Gasteiger partial charge is 0.465 e. The van der Waals surface area contributed by atoms with Crippen molar-refractivity contribution in [3.05, 3.63) is 35.9 Å². The third kappa shape index (κ3) is 4.35. The van der Waals surface area contributed by atoms with Gasteiger partial charge in [0.25, 0.3) is 0 Å². The number of likely N-dealkylation sites (N-methyl/N-ethyl adjacent to an activating group) is 2. The third-order valence-electron chi connectivity index (χ3n) is 2.95. The van der Waals surface area contributed by atoms with Crippen molar-refractivity contribution in [2.24, 2.45) is 0 Å². The predicted octanol–water partition coefficient (Wildman–Crippen LogP) is 1.31. The first-order valence-corrected chi connectivity index (χ1v) is 6.59. The van der Waals surface area contributed by atoms with Gasteiger partial charge >= 0.3 is 5.97 Å². The summed E-state index contributed by atoms with van der Waals surface area (Å²) in [7, 11) is 5.13. The Kier molecular flexibility index (Phi) is 6.18. The van der Waals surface area contributed by atoms with Crippen LogP contribution < -0.4 is 0 Å². The summed E-state index contributed by atoms with van der Waals surface area (Å²) >= 11 is 0. The van der Waals surface area contributed by atoms with E-state index in [0.717, 1.165) is 5.56 Å². The normalized spacial score (nSPS) is 12.1. The van der Waals surface area contributed by atoms with Crippen molar-refractivity contribution >= 4 is 11.9 Å². The second-order valence-electron chi connectivity index (χ2n) is 4.77. The van der Waals surface area contributed by atoms with Crippen molar-refractivity contribution < 1.29 is 14.3 Å². The summed E-state index contributed by atoms with van der Waals surface area (Å²) in [5.74, 6) is -0.398. The number of esters is 1. The van der Waals surface area contributed by atoms with E-state index in [1.165, 1.54) is 4.90 Å². The summed E-state index contributed by atoms with van der Waals surface area (Å²) < 4.78 is 5.12.